The number of rotatable bonds is 8. The van der Waals surface area contributed by atoms with Crippen LogP contribution in [0.5, 0.6) is 5.75 Å². The average Bonchev–Trinajstić information content (AvgIpc) is 2.36. The fourth-order valence-corrected chi connectivity index (χ4v) is 1.26. The molecular weight excluding hydrogens is 260 g/mol. The number of carbonyl (C=O) groups is 1. The van der Waals surface area contributed by atoms with Crippen LogP contribution in [0.25, 0.3) is 0 Å². The summed E-state index contributed by atoms with van der Waals surface area (Å²) in [4.78, 5) is 11.5. The summed E-state index contributed by atoms with van der Waals surface area (Å²) < 4.78 is 38.3. The molecular formula is C12H15F2NO4. The van der Waals surface area contributed by atoms with E-state index in [1.807, 2.05) is 0 Å². The van der Waals surface area contributed by atoms with Crippen molar-refractivity contribution in [3.8, 4) is 5.75 Å². The molecule has 0 saturated carbocycles. The Hall–Kier alpha value is -1.73. The Morgan fingerprint density at radius 2 is 2.05 bits per heavy atom. The number of hydrogen-bond donors (Lipinski definition) is 1. The monoisotopic (exact) mass is 275 g/mol. The van der Waals surface area contributed by atoms with E-state index in [4.69, 9.17) is 9.47 Å². The quantitative estimate of drug-likeness (QED) is 0.736. The summed E-state index contributed by atoms with van der Waals surface area (Å²) in [5, 5.41) is 2.43. The average molecular weight is 275 g/mol. The second kappa shape index (κ2) is 8.39. The smallest absolute Gasteiger partial charge is 0.387 e. The number of amides is 1. The number of methoxy groups -OCH3 is 1. The highest BCUT2D eigenvalue weighted by Crippen LogP contribution is 2.25. The molecule has 7 heteroatoms. The second-order valence-corrected chi connectivity index (χ2v) is 3.47. The van der Waals surface area contributed by atoms with Crippen LogP contribution in [0.15, 0.2) is 24.3 Å². The fourth-order valence-electron chi connectivity index (χ4n) is 1.26. The molecule has 1 aromatic carbocycles. The predicted molar refractivity (Wildman–Crippen MR) is 64.4 cm³/mol. The standard InChI is InChI=1S/C12H15F2NO4/c1-17-6-7-18-8-11(16)15-9-4-2-3-5-10(9)19-12(13)14/h2-5,12H,6-8H2,1H3,(H,15,16). The zero-order chi connectivity index (χ0) is 14.1. The number of ether oxygens (including phenoxy) is 3. The van der Waals surface area contributed by atoms with E-state index in [2.05, 4.69) is 10.1 Å². The Bertz CT molecular complexity index is 401. The maximum absolute atomic E-state index is 12.2. The molecule has 0 spiro atoms. The third-order valence-electron chi connectivity index (χ3n) is 2.04. The Kier molecular flexibility index (Phi) is 6.76. The number of benzene rings is 1. The van der Waals surface area contributed by atoms with Crippen LogP contribution >= 0.6 is 0 Å². The summed E-state index contributed by atoms with van der Waals surface area (Å²) in [5.74, 6) is -0.552. The highest BCUT2D eigenvalue weighted by molar-refractivity contribution is 5.93. The summed E-state index contributed by atoms with van der Waals surface area (Å²) in [6.45, 7) is -2.49. The van der Waals surface area contributed by atoms with Crippen molar-refractivity contribution in [2.45, 2.75) is 6.61 Å². The van der Waals surface area contributed by atoms with Crippen LogP contribution in [0.2, 0.25) is 0 Å². The maximum atomic E-state index is 12.2. The van der Waals surface area contributed by atoms with Crippen molar-refractivity contribution in [2.75, 3.05) is 32.2 Å². The van der Waals surface area contributed by atoms with Crippen molar-refractivity contribution in [1.82, 2.24) is 0 Å². The number of halogens is 2. The van der Waals surface area contributed by atoms with Crippen molar-refractivity contribution in [1.29, 1.82) is 0 Å². The lowest BCUT2D eigenvalue weighted by atomic mass is 10.3. The van der Waals surface area contributed by atoms with Crippen LogP contribution in [0.3, 0.4) is 0 Å². The minimum absolute atomic E-state index is 0.0947. The number of alkyl halides is 2. The van der Waals surface area contributed by atoms with Gasteiger partial charge in [0, 0.05) is 7.11 Å². The molecule has 0 fully saturated rings. The number of nitrogens with one attached hydrogen (secondary N) is 1. The zero-order valence-electron chi connectivity index (χ0n) is 10.4. The molecule has 1 amide bonds. The fraction of sp³-hybridized carbons (Fsp3) is 0.417. The lowest BCUT2D eigenvalue weighted by Gasteiger charge is -2.11. The van der Waals surface area contributed by atoms with Crippen LogP contribution in [-0.2, 0) is 14.3 Å². The van der Waals surface area contributed by atoms with Gasteiger partial charge >= 0.3 is 6.61 Å². The lowest BCUT2D eigenvalue weighted by molar-refractivity contribution is -0.121. The predicted octanol–water partition coefficient (Wildman–Crippen LogP) is 1.89. The molecule has 0 unspecified atom stereocenters. The molecule has 0 aliphatic heterocycles. The normalized spacial score (nSPS) is 10.5. The largest absolute Gasteiger partial charge is 0.433 e. The maximum Gasteiger partial charge on any atom is 0.387 e. The van der Waals surface area contributed by atoms with E-state index < -0.39 is 12.5 Å². The lowest BCUT2D eigenvalue weighted by Crippen LogP contribution is -2.20. The van der Waals surface area contributed by atoms with Gasteiger partial charge in [-0.1, -0.05) is 12.1 Å². The van der Waals surface area contributed by atoms with Gasteiger partial charge in [0.1, 0.15) is 12.4 Å². The van der Waals surface area contributed by atoms with Crippen molar-refractivity contribution in [3.63, 3.8) is 0 Å². The zero-order valence-corrected chi connectivity index (χ0v) is 10.4. The molecule has 0 atom stereocenters. The Morgan fingerprint density at radius 1 is 1.32 bits per heavy atom. The van der Waals surface area contributed by atoms with Crippen molar-refractivity contribution >= 4 is 11.6 Å². The topological polar surface area (TPSA) is 56.8 Å². The number of carbonyl (C=O) groups excluding carboxylic acids is 1. The second-order valence-electron chi connectivity index (χ2n) is 3.47. The molecule has 0 heterocycles. The van der Waals surface area contributed by atoms with Crippen LogP contribution in [0.1, 0.15) is 0 Å². The van der Waals surface area contributed by atoms with Crippen molar-refractivity contribution in [2.24, 2.45) is 0 Å². The summed E-state index contributed by atoms with van der Waals surface area (Å²) >= 11 is 0. The Morgan fingerprint density at radius 3 is 2.74 bits per heavy atom. The number of anilines is 1. The number of hydrogen-bond acceptors (Lipinski definition) is 4. The first kappa shape index (κ1) is 15.3. The summed E-state index contributed by atoms with van der Waals surface area (Å²) in [6.07, 6.45) is 0. The minimum atomic E-state index is -2.95. The first-order valence-corrected chi connectivity index (χ1v) is 5.54. The molecule has 0 saturated heterocycles. The van der Waals surface area contributed by atoms with Gasteiger partial charge in [-0.25, -0.2) is 0 Å². The van der Waals surface area contributed by atoms with Gasteiger partial charge in [0.25, 0.3) is 0 Å². The molecule has 0 radical (unpaired) electrons. The van der Waals surface area contributed by atoms with Gasteiger partial charge in [0.05, 0.1) is 18.9 Å². The van der Waals surface area contributed by atoms with Crippen molar-refractivity contribution in [3.05, 3.63) is 24.3 Å². The molecule has 0 aromatic heterocycles. The molecule has 0 aliphatic rings. The van der Waals surface area contributed by atoms with Gasteiger partial charge < -0.3 is 19.5 Å². The third-order valence-corrected chi connectivity index (χ3v) is 2.04. The van der Waals surface area contributed by atoms with E-state index >= 15 is 0 Å². The van der Waals surface area contributed by atoms with E-state index in [1.165, 1.54) is 25.3 Å². The molecule has 106 valence electrons. The minimum Gasteiger partial charge on any atom is -0.433 e. The highest BCUT2D eigenvalue weighted by Gasteiger charge is 2.11. The van der Waals surface area contributed by atoms with Gasteiger partial charge in [0.2, 0.25) is 5.91 Å². The summed E-state index contributed by atoms with van der Waals surface area (Å²) in [7, 11) is 1.52. The Balaban J connectivity index is 2.49. The summed E-state index contributed by atoms with van der Waals surface area (Å²) in [5.41, 5.74) is 0.170. The third kappa shape index (κ3) is 6.12. The van der Waals surface area contributed by atoms with Gasteiger partial charge in [-0.05, 0) is 12.1 Å². The highest BCUT2D eigenvalue weighted by atomic mass is 19.3. The van der Waals surface area contributed by atoms with Gasteiger partial charge in [-0.3, -0.25) is 4.79 Å². The molecule has 1 aromatic rings. The van der Waals surface area contributed by atoms with Crippen LogP contribution in [-0.4, -0.2) is 39.4 Å². The molecule has 0 aliphatic carbocycles. The van der Waals surface area contributed by atoms with Crippen LogP contribution in [0.4, 0.5) is 14.5 Å². The summed E-state index contributed by atoms with van der Waals surface area (Å²) in [6, 6.07) is 5.93. The molecule has 19 heavy (non-hydrogen) atoms. The van der Waals surface area contributed by atoms with Gasteiger partial charge in [-0.2, -0.15) is 8.78 Å². The first-order chi connectivity index (χ1) is 9.13. The van der Waals surface area contributed by atoms with Gasteiger partial charge in [-0.15, -0.1) is 0 Å². The van der Waals surface area contributed by atoms with Crippen molar-refractivity contribution < 1.29 is 27.8 Å². The first-order valence-electron chi connectivity index (χ1n) is 5.54. The van der Waals surface area contributed by atoms with E-state index in [0.29, 0.717) is 6.61 Å². The van der Waals surface area contributed by atoms with Crippen LogP contribution in [0, 0.1) is 0 Å². The van der Waals surface area contributed by atoms with Gasteiger partial charge in [0.15, 0.2) is 0 Å². The Labute approximate surface area is 109 Å². The number of para-hydroxylation sites is 2. The van der Waals surface area contributed by atoms with Crippen LogP contribution < -0.4 is 10.1 Å². The SMILES string of the molecule is COCCOCC(=O)Nc1ccccc1OC(F)F. The molecule has 0 bridgehead atoms. The molecule has 5 nitrogen and oxygen atoms in total. The van der Waals surface area contributed by atoms with E-state index in [9.17, 15) is 13.6 Å². The van der Waals surface area contributed by atoms with E-state index in [-0.39, 0.29) is 24.7 Å². The molecule has 1 N–H and O–H groups in total. The molecule has 1 rings (SSSR count). The van der Waals surface area contributed by atoms with E-state index in [0.717, 1.165) is 0 Å². The van der Waals surface area contributed by atoms with E-state index in [1.54, 1.807) is 6.07 Å².